The molecule has 2 fully saturated rings. The van der Waals surface area contributed by atoms with Crippen molar-refractivity contribution < 1.29 is 9.59 Å². The van der Waals surface area contributed by atoms with Gasteiger partial charge in [-0.05, 0) is 62.6 Å². The first-order valence-corrected chi connectivity index (χ1v) is 10.9. The highest BCUT2D eigenvalue weighted by Crippen LogP contribution is 2.41. The van der Waals surface area contributed by atoms with Crippen LogP contribution >= 0.6 is 0 Å². The Labute approximate surface area is 178 Å². The number of hydrogen-bond acceptors (Lipinski definition) is 3. The number of benzene rings is 2. The zero-order valence-electron chi connectivity index (χ0n) is 17.8. The summed E-state index contributed by atoms with van der Waals surface area (Å²) in [6.07, 6.45) is 2.22. The third-order valence-corrected chi connectivity index (χ3v) is 7.25. The van der Waals surface area contributed by atoms with Crippen LogP contribution in [-0.2, 0) is 16.8 Å². The maximum absolute atomic E-state index is 13.3. The van der Waals surface area contributed by atoms with Crippen molar-refractivity contribution in [3.05, 3.63) is 65.2 Å². The second-order valence-electron chi connectivity index (χ2n) is 9.76. The molecule has 30 heavy (non-hydrogen) atoms. The molecule has 0 radical (unpaired) electrons. The summed E-state index contributed by atoms with van der Waals surface area (Å²) < 4.78 is 0. The van der Waals surface area contributed by atoms with Gasteiger partial charge in [-0.15, -0.1) is 0 Å². The van der Waals surface area contributed by atoms with E-state index in [-0.39, 0.29) is 17.2 Å². The molecule has 0 bridgehead atoms. The zero-order chi connectivity index (χ0) is 20.9. The smallest absolute Gasteiger partial charge is 0.253 e. The van der Waals surface area contributed by atoms with Gasteiger partial charge in [0.2, 0.25) is 5.91 Å². The summed E-state index contributed by atoms with van der Waals surface area (Å²) in [6, 6.07) is 16.3. The van der Waals surface area contributed by atoms with Gasteiger partial charge in [0, 0.05) is 42.8 Å². The van der Waals surface area contributed by atoms with Gasteiger partial charge in [0.05, 0.1) is 5.41 Å². The van der Waals surface area contributed by atoms with E-state index in [4.69, 9.17) is 0 Å². The van der Waals surface area contributed by atoms with Crippen molar-refractivity contribution in [3.63, 3.8) is 0 Å². The topological polar surface area (TPSA) is 52.7 Å². The lowest BCUT2D eigenvalue weighted by Gasteiger charge is -2.25. The molecule has 0 saturated carbocycles. The standard InChI is InChI=1S/C25H29N3O2/c1-24(2)20-14-19(8-9-21(20)26-23(24)30)22(29)28-13-11-25(17-28)10-12-27(16-25)15-18-6-4-3-5-7-18/h3-9,14H,10-13,15-17H2,1-2H3,(H,26,30). The van der Waals surface area contributed by atoms with Gasteiger partial charge in [-0.3, -0.25) is 14.5 Å². The van der Waals surface area contributed by atoms with Crippen molar-refractivity contribution in [3.8, 4) is 0 Å². The van der Waals surface area contributed by atoms with E-state index in [1.54, 1.807) is 0 Å². The Morgan fingerprint density at radius 2 is 1.80 bits per heavy atom. The van der Waals surface area contributed by atoms with Gasteiger partial charge in [-0.2, -0.15) is 0 Å². The number of nitrogens with zero attached hydrogens (tertiary/aromatic N) is 2. The molecule has 2 saturated heterocycles. The Morgan fingerprint density at radius 3 is 2.60 bits per heavy atom. The van der Waals surface area contributed by atoms with Gasteiger partial charge in [0.25, 0.3) is 5.91 Å². The summed E-state index contributed by atoms with van der Waals surface area (Å²) in [5.74, 6) is 0.0815. The second-order valence-corrected chi connectivity index (χ2v) is 9.76. The maximum atomic E-state index is 13.3. The van der Waals surface area contributed by atoms with Crippen LogP contribution in [0.1, 0.15) is 48.2 Å². The van der Waals surface area contributed by atoms with Crippen molar-refractivity contribution in [2.24, 2.45) is 5.41 Å². The highest BCUT2D eigenvalue weighted by atomic mass is 16.2. The average Bonchev–Trinajstić information content (AvgIpc) is 3.40. The number of carbonyl (C=O) groups excluding carboxylic acids is 2. The predicted octanol–water partition coefficient (Wildman–Crippen LogP) is 3.65. The molecular weight excluding hydrogens is 374 g/mol. The van der Waals surface area contributed by atoms with Crippen molar-refractivity contribution in [2.75, 3.05) is 31.5 Å². The van der Waals surface area contributed by atoms with Gasteiger partial charge >= 0.3 is 0 Å². The average molecular weight is 404 g/mol. The Kier molecular flexibility index (Phi) is 4.47. The molecule has 1 spiro atoms. The van der Waals surface area contributed by atoms with Crippen molar-refractivity contribution in [1.29, 1.82) is 0 Å². The van der Waals surface area contributed by atoms with Crippen LogP contribution in [0.15, 0.2) is 48.5 Å². The van der Waals surface area contributed by atoms with E-state index in [1.807, 2.05) is 36.9 Å². The Hall–Kier alpha value is -2.66. The largest absolute Gasteiger partial charge is 0.338 e. The lowest BCUT2D eigenvalue weighted by molar-refractivity contribution is -0.119. The fourth-order valence-corrected chi connectivity index (χ4v) is 5.33. The van der Waals surface area contributed by atoms with Crippen molar-refractivity contribution in [2.45, 2.75) is 38.6 Å². The summed E-state index contributed by atoms with van der Waals surface area (Å²) >= 11 is 0. The van der Waals surface area contributed by atoms with Gasteiger partial charge in [-0.25, -0.2) is 0 Å². The van der Waals surface area contributed by atoms with Crippen LogP contribution in [0.3, 0.4) is 0 Å². The third kappa shape index (κ3) is 3.21. The van der Waals surface area contributed by atoms with E-state index in [0.717, 1.165) is 56.8 Å². The lowest BCUT2D eigenvalue weighted by atomic mass is 9.85. The molecule has 3 aliphatic rings. The zero-order valence-corrected chi connectivity index (χ0v) is 17.8. The van der Waals surface area contributed by atoms with Crippen LogP contribution in [-0.4, -0.2) is 47.8 Å². The van der Waals surface area contributed by atoms with Crippen molar-refractivity contribution in [1.82, 2.24) is 9.80 Å². The lowest BCUT2D eigenvalue weighted by Crippen LogP contribution is -2.34. The van der Waals surface area contributed by atoms with Gasteiger partial charge < -0.3 is 10.2 Å². The summed E-state index contributed by atoms with van der Waals surface area (Å²) in [5.41, 5.74) is 3.41. The summed E-state index contributed by atoms with van der Waals surface area (Å²) in [5, 5.41) is 2.92. The molecule has 2 amide bonds. The van der Waals surface area contributed by atoms with E-state index in [9.17, 15) is 9.59 Å². The highest BCUT2D eigenvalue weighted by molar-refractivity contribution is 6.07. The highest BCUT2D eigenvalue weighted by Gasteiger charge is 2.45. The minimum atomic E-state index is -0.596. The van der Waals surface area contributed by atoms with Gasteiger partial charge in [0.15, 0.2) is 0 Å². The molecule has 3 heterocycles. The second kappa shape index (κ2) is 6.95. The number of likely N-dealkylation sites (tertiary alicyclic amines) is 2. The molecule has 0 aromatic heterocycles. The summed E-state index contributed by atoms with van der Waals surface area (Å²) in [4.78, 5) is 30.0. The number of amides is 2. The molecule has 5 nitrogen and oxygen atoms in total. The first-order chi connectivity index (χ1) is 14.4. The number of anilines is 1. The Morgan fingerprint density at radius 1 is 1.03 bits per heavy atom. The maximum Gasteiger partial charge on any atom is 0.253 e. The van der Waals surface area contributed by atoms with Crippen molar-refractivity contribution >= 4 is 17.5 Å². The number of carbonyl (C=O) groups is 2. The molecule has 1 atom stereocenters. The molecule has 3 aliphatic heterocycles. The van der Waals surface area contributed by atoms with Crippen LogP contribution in [0.4, 0.5) is 5.69 Å². The molecule has 2 aromatic carbocycles. The van der Waals surface area contributed by atoms with E-state index >= 15 is 0 Å². The summed E-state index contributed by atoms with van der Waals surface area (Å²) in [7, 11) is 0. The van der Waals surface area contributed by atoms with Gasteiger partial charge in [-0.1, -0.05) is 30.3 Å². The molecule has 5 heteroatoms. The normalized spacial score (nSPS) is 25.0. The van der Waals surface area contributed by atoms with Gasteiger partial charge in [0.1, 0.15) is 0 Å². The molecular formula is C25H29N3O2. The molecule has 1 unspecified atom stereocenters. The van der Waals surface area contributed by atoms with Crippen LogP contribution in [0.25, 0.3) is 0 Å². The summed E-state index contributed by atoms with van der Waals surface area (Å²) in [6.45, 7) is 8.60. The number of rotatable bonds is 3. The molecule has 156 valence electrons. The first-order valence-electron chi connectivity index (χ1n) is 10.9. The molecule has 2 aromatic rings. The van der Waals surface area contributed by atoms with Crippen LogP contribution in [0.5, 0.6) is 0 Å². The van der Waals surface area contributed by atoms with E-state index in [2.05, 4.69) is 40.5 Å². The predicted molar refractivity (Wildman–Crippen MR) is 117 cm³/mol. The number of hydrogen-bond donors (Lipinski definition) is 1. The molecule has 5 rings (SSSR count). The quantitative estimate of drug-likeness (QED) is 0.851. The number of nitrogens with one attached hydrogen (secondary N) is 1. The van der Waals surface area contributed by atoms with Crippen LogP contribution < -0.4 is 5.32 Å². The monoisotopic (exact) mass is 403 g/mol. The number of fused-ring (bicyclic) bond motifs is 1. The minimum Gasteiger partial charge on any atom is -0.338 e. The Bertz CT molecular complexity index is 1000. The fourth-order valence-electron chi connectivity index (χ4n) is 5.33. The van der Waals surface area contributed by atoms with Crippen LogP contribution in [0.2, 0.25) is 0 Å². The molecule has 1 N–H and O–H groups in total. The van der Waals surface area contributed by atoms with E-state index in [1.165, 1.54) is 5.56 Å². The van der Waals surface area contributed by atoms with E-state index in [0.29, 0.717) is 5.56 Å². The molecule has 0 aliphatic carbocycles. The van der Waals surface area contributed by atoms with Crippen LogP contribution in [0, 0.1) is 5.41 Å². The third-order valence-electron chi connectivity index (χ3n) is 7.25. The van der Waals surface area contributed by atoms with E-state index < -0.39 is 5.41 Å². The fraction of sp³-hybridized carbons (Fsp3) is 0.440. The Balaban J connectivity index is 1.27. The minimum absolute atomic E-state index is 0.00770. The SMILES string of the molecule is CC1(C)C(=O)Nc2ccc(C(=O)N3CCC4(CCN(Cc5ccccc5)C4)C3)cc21. The first kappa shape index (κ1) is 19.3.